The molecule has 1 N–H and O–H groups in total. The third kappa shape index (κ3) is 2.99. The molecule has 1 aliphatic heterocycles. The van der Waals surface area contributed by atoms with Gasteiger partial charge in [-0.25, -0.2) is 0 Å². The van der Waals surface area contributed by atoms with Crippen molar-refractivity contribution in [3.8, 4) is 0 Å². The first-order valence-electron chi connectivity index (χ1n) is 7.79. The summed E-state index contributed by atoms with van der Waals surface area (Å²) in [5, 5.41) is 3.28. The molecule has 106 valence electrons. The van der Waals surface area contributed by atoms with E-state index in [0.29, 0.717) is 17.6 Å². The molecule has 2 aliphatic carbocycles. The van der Waals surface area contributed by atoms with E-state index in [1.807, 2.05) is 4.90 Å². The van der Waals surface area contributed by atoms with Gasteiger partial charge in [-0.1, -0.05) is 0 Å². The number of carbonyl (C=O) groups is 2. The fourth-order valence-electron chi connectivity index (χ4n) is 3.47. The van der Waals surface area contributed by atoms with Gasteiger partial charge in [-0.3, -0.25) is 9.59 Å². The molecule has 1 heterocycles. The molecule has 19 heavy (non-hydrogen) atoms. The van der Waals surface area contributed by atoms with Gasteiger partial charge in [-0.2, -0.15) is 0 Å². The van der Waals surface area contributed by atoms with Gasteiger partial charge in [0.2, 0.25) is 5.91 Å². The Labute approximate surface area is 114 Å². The first-order chi connectivity index (χ1) is 9.25. The number of Topliss-reactive ketones (excluding diaryl/α,β-unsaturated/α-hetero) is 1. The maximum absolute atomic E-state index is 12.4. The van der Waals surface area contributed by atoms with Gasteiger partial charge in [-0.15, -0.1) is 0 Å². The number of hydrogen-bond acceptors (Lipinski definition) is 3. The Kier molecular flexibility index (Phi) is 3.87. The Balaban J connectivity index is 1.48. The van der Waals surface area contributed by atoms with Gasteiger partial charge >= 0.3 is 0 Å². The summed E-state index contributed by atoms with van der Waals surface area (Å²) in [5.74, 6) is 1.65. The Morgan fingerprint density at radius 3 is 1.79 bits per heavy atom. The van der Waals surface area contributed by atoms with Crippen LogP contribution in [-0.2, 0) is 9.59 Å². The van der Waals surface area contributed by atoms with E-state index in [0.717, 1.165) is 64.7 Å². The molecule has 0 bridgehead atoms. The maximum atomic E-state index is 12.4. The van der Waals surface area contributed by atoms with E-state index in [1.54, 1.807) is 0 Å². The summed E-state index contributed by atoms with van der Waals surface area (Å²) in [7, 11) is 0. The molecule has 3 rings (SSSR count). The molecule has 0 atom stereocenters. The van der Waals surface area contributed by atoms with Crippen molar-refractivity contribution in [3.05, 3.63) is 0 Å². The fraction of sp³-hybridized carbons (Fsp3) is 0.867. The lowest BCUT2D eigenvalue weighted by Gasteiger charge is -2.34. The number of nitrogens with zero attached hydrogens (tertiary/aromatic N) is 1. The van der Waals surface area contributed by atoms with Gasteiger partial charge < -0.3 is 10.2 Å². The van der Waals surface area contributed by atoms with Gasteiger partial charge in [0.05, 0.1) is 0 Å². The summed E-state index contributed by atoms with van der Waals surface area (Å²) in [4.78, 5) is 26.4. The van der Waals surface area contributed by atoms with Gasteiger partial charge in [-0.05, 0) is 38.5 Å². The summed E-state index contributed by atoms with van der Waals surface area (Å²) in [6, 6.07) is 0. The van der Waals surface area contributed by atoms with E-state index in [2.05, 4.69) is 5.32 Å². The van der Waals surface area contributed by atoms with E-state index in [4.69, 9.17) is 0 Å². The van der Waals surface area contributed by atoms with E-state index in [-0.39, 0.29) is 11.8 Å². The number of ketones is 1. The molecule has 4 heteroatoms. The molecule has 0 unspecified atom stereocenters. The van der Waals surface area contributed by atoms with Crippen molar-refractivity contribution in [1.82, 2.24) is 10.2 Å². The summed E-state index contributed by atoms with van der Waals surface area (Å²) in [6.45, 7) is 3.53. The minimum absolute atomic E-state index is 0.182. The second-order valence-electron chi connectivity index (χ2n) is 6.30. The molecule has 0 radical (unpaired) electrons. The van der Waals surface area contributed by atoms with Gasteiger partial charge in [0.25, 0.3) is 0 Å². The summed E-state index contributed by atoms with van der Waals surface area (Å²) >= 11 is 0. The molecule has 2 saturated carbocycles. The van der Waals surface area contributed by atoms with Crippen LogP contribution in [0.2, 0.25) is 0 Å². The number of piperazine rings is 1. The van der Waals surface area contributed by atoms with Crippen molar-refractivity contribution >= 4 is 11.7 Å². The maximum Gasteiger partial charge on any atom is 0.225 e. The highest BCUT2D eigenvalue weighted by molar-refractivity contribution is 5.86. The molecule has 3 aliphatic rings. The van der Waals surface area contributed by atoms with Crippen molar-refractivity contribution in [2.45, 2.75) is 38.5 Å². The van der Waals surface area contributed by atoms with E-state index in [1.165, 1.54) is 0 Å². The zero-order valence-electron chi connectivity index (χ0n) is 11.6. The average Bonchev–Trinajstić information content (AvgIpc) is 3.31. The van der Waals surface area contributed by atoms with Crippen LogP contribution in [0.3, 0.4) is 0 Å². The van der Waals surface area contributed by atoms with Crippen LogP contribution in [-0.4, -0.2) is 42.8 Å². The number of hydrogen-bond donors (Lipinski definition) is 1. The van der Waals surface area contributed by atoms with Crippen molar-refractivity contribution in [1.29, 1.82) is 0 Å². The lowest BCUT2D eigenvalue weighted by molar-refractivity contribution is -0.138. The molecule has 1 saturated heterocycles. The Bertz CT molecular complexity index is 351. The van der Waals surface area contributed by atoms with Crippen LogP contribution in [0.5, 0.6) is 0 Å². The first-order valence-corrected chi connectivity index (χ1v) is 7.79. The number of nitrogens with one attached hydrogen (secondary N) is 1. The molecule has 0 spiro atoms. The van der Waals surface area contributed by atoms with Crippen LogP contribution < -0.4 is 5.32 Å². The Morgan fingerprint density at radius 1 is 0.789 bits per heavy atom. The molecule has 4 nitrogen and oxygen atoms in total. The Hall–Kier alpha value is -0.900. The summed E-state index contributed by atoms with van der Waals surface area (Å²) in [5.41, 5.74) is 0. The second kappa shape index (κ2) is 5.61. The molecule has 0 aromatic heterocycles. The lowest BCUT2D eigenvalue weighted by Crippen LogP contribution is -2.49. The van der Waals surface area contributed by atoms with Gasteiger partial charge in [0.15, 0.2) is 0 Å². The molecule has 0 aromatic carbocycles. The predicted molar refractivity (Wildman–Crippen MR) is 72.6 cm³/mol. The predicted octanol–water partition coefficient (Wildman–Crippen LogP) is 1.20. The standard InChI is InChI=1S/C15H24N2O2/c18-14(11-1-2-11)12-3-5-13(6-4-12)15(19)17-9-7-16-8-10-17/h11-13,16H,1-10H2. The van der Waals surface area contributed by atoms with Crippen LogP contribution in [0.15, 0.2) is 0 Å². The summed E-state index contributed by atoms with van der Waals surface area (Å²) < 4.78 is 0. The minimum Gasteiger partial charge on any atom is -0.340 e. The normalized spacial score (nSPS) is 32.1. The highest BCUT2D eigenvalue weighted by Gasteiger charge is 2.38. The first kappa shape index (κ1) is 13.1. The zero-order chi connectivity index (χ0) is 13.2. The Morgan fingerprint density at radius 2 is 1.26 bits per heavy atom. The highest BCUT2D eigenvalue weighted by atomic mass is 16.2. The van der Waals surface area contributed by atoms with E-state index >= 15 is 0 Å². The van der Waals surface area contributed by atoms with Crippen molar-refractivity contribution in [2.24, 2.45) is 17.8 Å². The smallest absolute Gasteiger partial charge is 0.225 e. The topological polar surface area (TPSA) is 49.4 Å². The van der Waals surface area contributed by atoms with E-state index in [9.17, 15) is 9.59 Å². The number of rotatable bonds is 3. The van der Waals surface area contributed by atoms with Crippen LogP contribution in [0.1, 0.15) is 38.5 Å². The largest absolute Gasteiger partial charge is 0.340 e. The number of carbonyl (C=O) groups excluding carboxylic acids is 2. The van der Waals surface area contributed by atoms with Gasteiger partial charge in [0, 0.05) is 43.9 Å². The van der Waals surface area contributed by atoms with Crippen LogP contribution in [0.4, 0.5) is 0 Å². The van der Waals surface area contributed by atoms with Crippen molar-refractivity contribution in [3.63, 3.8) is 0 Å². The van der Waals surface area contributed by atoms with Crippen LogP contribution in [0.25, 0.3) is 0 Å². The highest BCUT2D eigenvalue weighted by Crippen LogP contribution is 2.38. The second-order valence-corrected chi connectivity index (χ2v) is 6.30. The average molecular weight is 264 g/mol. The molecule has 3 fully saturated rings. The van der Waals surface area contributed by atoms with Crippen LogP contribution in [0, 0.1) is 17.8 Å². The fourth-order valence-corrected chi connectivity index (χ4v) is 3.47. The third-order valence-electron chi connectivity index (χ3n) is 4.89. The minimum atomic E-state index is 0.182. The lowest BCUT2D eigenvalue weighted by atomic mass is 9.78. The monoisotopic (exact) mass is 264 g/mol. The molecular weight excluding hydrogens is 240 g/mol. The quantitative estimate of drug-likeness (QED) is 0.833. The molecule has 0 aromatic rings. The number of amides is 1. The van der Waals surface area contributed by atoms with Crippen LogP contribution >= 0.6 is 0 Å². The van der Waals surface area contributed by atoms with Gasteiger partial charge in [0.1, 0.15) is 5.78 Å². The van der Waals surface area contributed by atoms with E-state index < -0.39 is 0 Å². The molecule has 1 amide bonds. The third-order valence-corrected chi connectivity index (χ3v) is 4.89. The zero-order valence-corrected chi connectivity index (χ0v) is 11.6. The summed E-state index contributed by atoms with van der Waals surface area (Å²) in [6.07, 6.45) is 5.95. The van der Waals surface area contributed by atoms with Crippen molar-refractivity contribution < 1.29 is 9.59 Å². The van der Waals surface area contributed by atoms with Crippen molar-refractivity contribution in [2.75, 3.05) is 26.2 Å². The molecular formula is C15H24N2O2. The SMILES string of the molecule is O=C(C1CC1)C1CCC(C(=O)N2CCNCC2)CC1.